The third kappa shape index (κ3) is 4.27. The third-order valence-electron chi connectivity index (χ3n) is 2.71. The minimum absolute atomic E-state index is 0.0503. The normalized spacial score (nSPS) is 11.9. The molecule has 5 nitrogen and oxygen atoms in total. The van der Waals surface area contributed by atoms with Crippen LogP contribution in [-0.2, 0) is 16.0 Å². The lowest BCUT2D eigenvalue weighted by molar-refractivity contribution is -0.141. The molecule has 1 aromatic heterocycles. The van der Waals surface area contributed by atoms with Gasteiger partial charge in [0.05, 0.1) is 12.1 Å². The number of carbonyl (C=O) groups excluding carboxylic acids is 1. The molecule has 1 atom stereocenters. The summed E-state index contributed by atoms with van der Waals surface area (Å²) in [6.45, 7) is 1.42. The van der Waals surface area contributed by atoms with Crippen LogP contribution in [0.15, 0.2) is 29.6 Å². The summed E-state index contributed by atoms with van der Waals surface area (Å²) in [5.74, 6) is -1.44. The highest BCUT2D eigenvalue weighted by molar-refractivity contribution is 7.13. The second-order valence-electron chi connectivity index (χ2n) is 4.46. The van der Waals surface area contributed by atoms with Gasteiger partial charge in [0.2, 0.25) is 5.91 Å². The van der Waals surface area contributed by atoms with Crippen LogP contribution in [0.5, 0.6) is 0 Å². The third-order valence-corrected chi connectivity index (χ3v) is 3.89. The van der Waals surface area contributed by atoms with E-state index in [1.165, 1.54) is 18.3 Å². The number of carbonyl (C=O) groups is 2. The van der Waals surface area contributed by atoms with Gasteiger partial charge in [-0.3, -0.25) is 9.59 Å². The van der Waals surface area contributed by atoms with Crippen LogP contribution < -0.4 is 5.32 Å². The first-order valence-electron chi connectivity index (χ1n) is 6.18. The number of carboxylic acids is 1. The number of rotatable bonds is 5. The Bertz CT molecular complexity index is 672. The number of aromatic nitrogens is 1. The summed E-state index contributed by atoms with van der Waals surface area (Å²) in [7, 11) is 0. The van der Waals surface area contributed by atoms with Gasteiger partial charge in [0, 0.05) is 16.0 Å². The van der Waals surface area contributed by atoms with E-state index in [4.69, 9.17) is 16.7 Å². The van der Waals surface area contributed by atoms with Crippen LogP contribution in [0.4, 0.5) is 0 Å². The maximum Gasteiger partial charge on any atom is 0.325 e. The molecule has 1 aromatic carbocycles. The zero-order valence-electron chi connectivity index (χ0n) is 11.2. The van der Waals surface area contributed by atoms with Crippen LogP contribution in [0.3, 0.4) is 0 Å². The number of nitrogens with one attached hydrogen (secondary N) is 1. The Kier molecular flexibility index (Phi) is 4.93. The van der Waals surface area contributed by atoms with E-state index in [-0.39, 0.29) is 12.3 Å². The Hall–Kier alpha value is -1.92. The standard InChI is InChI=1S/C14H13ClN2O3S/c1-8(14(19)20)16-12(18)6-11-7-21-13(17-11)9-3-2-4-10(15)5-9/h2-5,7-8H,6H2,1H3,(H,16,18)(H,19,20)/t8-/m0/s1. The summed E-state index contributed by atoms with van der Waals surface area (Å²) in [5, 5.41) is 14.3. The maximum absolute atomic E-state index is 11.7. The Morgan fingerprint density at radius 3 is 2.90 bits per heavy atom. The molecule has 0 spiro atoms. The largest absolute Gasteiger partial charge is 0.480 e. The van der Waals surface area contributed by atoms with Crippen molar-refractivity contribution in [2.75, 3.05) is 0 Å². The van der Waals surface area contributed by atoms with Crippen molar-refractivity contribution in [1.29, 1.82) is 0 Å². The van der Waals surface area contributed by atoms with Gasteiger partial charge in [0.15, 0.2) is 0 Å². The van der Waals surface area contributed by atoms with Crippen LogP contribution in [0.1, 0.15) is 12.6 Å². The van der Waals surface area contributed by atoms with Gasteiger partial charge in [-0.25, -0.2) is 4.98 Å². The average Bonchev–Trinajstić information content (AvgIpc) is 2.86. The molecule has 0 aliphatic rings. The molecule has 110 valence electrons. The van der Waals surface area contributed by atoms with E-state index in [9.17, 15) is 9.59 Å². The zero-order valence-corrected chi connectivity index (χ0v) is 12.7. The predicted octanol–water partition coefficient (Wildman–Crippen LogP) is 2.60. The zero-order chi connectivity index (χ0) is 15.4. The number of nitrogens with zero attached hydrogens (tertiary/aromatic N) is 1. The van der Waals surface area contributed by atoms with Gasteiger partial charge in [-0.15, -0.1) is 11.3 Å². The number of aliphatic carboxylic acids is 1. The molecule has 0 saturated heterocycles. The van der Waals surface area contributed by atoms with E-state index in [2.05, 4.69) is 10.3 Å². The van der Waals surface area contributed by atoms with Crippen molar-refractivity contribution in [2.24, 2.45) is 0 Å². The van der Waals surface area contributed by atoms with Crippen molar-refractivity contribution in [3.05, 3.63) is 40.4 Å². The number of hydrogen-bond acceptors (Lipinski definition) is 4. The van der Waals surface area contributed by atoms with Gasteiger partial charge >= 0.3 is 5.97 Å². The van der Waals surface area contributed by atoms with E-state index in [0.717, 1.165) is 10.6 Å². The van der Waals surface area contributed by atoms with Crippen molar-refractivity contribution in [3.8, 4) is 10.6 Å². The van der Waals surface area contributed by atoms with Gasteiger partial charge in [-0.05, 0) is 19.1 Å². The molecule has 0 aliphatic carbocycles. The van der Waals surface area contributed by atoms with Crippen LogP contribution in [0.2, 0.25) is 5.02 Å². The molecule has 0 bridgehead atoms. The van der Waals surface area contributed by atoms with Gasteiger partial charge in [0.25, 0.3) is 0 Å². The summed E-state index contributed by atoms with van der Waals surface area (Å²) in [4.78, 5) is 26.7. The first-order valence-corrected chi connectivity index (χ1v) is 7.44. The lowest BCUT2D eigenvalue weighted by Gasteiger charge is -2.07. The lowest BCUT2D eigenvalue weighted by Crippen LogP contribution is -2.39. The molecule has 1 amide bonds. The number of hydrogen-bond donors (Lipinski definition) is 2. The summed E-state index contributed by atoms with van der Waals surface area (Å²) in [5.41, 5.74) is 1.49. The highest BCUT2D eigenvalue weighted by atomic mass is 35.5. The fraction of sp³-hybridized carbons (Fsp3) is 0.214. The minimum Gasteiger partial charge on any atom is -0.480 e. The van der Waals surface area contributed by atoms with E-state index in [1.54, 1.807) is 17.5 Å². The SMILES string of the molecule is C[C@H](NC(=O)Cc1csc(-c2cccc(Cl)c2)n1)C(=O)O. The number of halogens is 1. The van der Waals surface area contributed by atoms with Crippen LogP contribution in [0, 0.1) is 0 Å². The topological polar surface area (TPSA) is 79.3 Å². The number of amides is 1. The summed E-state index contributed by atoms with van der Waals surface area (Å²) in [6.07, 6.45) is 0.0503. The van der Waals surface area contributed by atoms with Crippen LogP contribution in [-0.4, -0.2) is 28.0 Å². The van der Waals surface area contributed by atoms with Gasteiger partial charge in [0.1, 0.15) is 11.0 Å². The van der Waals surface area contributed by atoms with E-state index >= 15 is 0 Å². The second kappa shape index (κ2) is 6.69. The van der Waals surface area contributed by atoms with E-state index < -0.39 is 12.0 Å². The first-order chi connectivity index (χ1) is 9.95. The summed E-state index contributed by atoms with van der Waals surface area (Å²) < 4.78 is 0. The van der Waals surface area contributed by atoms with E-state index in [1.807, 2.05) is 12.1 Å². The van der Waals surface area contributed by atoms with Gasteiger partial charge < -0.3 is 10.4 Å². The minimum atomic E-state index is -1.07. The molecule has 7 heteroatoms. The molecule has 0 radical (unpaired) electrons. The summed E-state index contributed by atoms with van der Waals surface area (Å²) >= 11 is 7.34. The Balaban J connectivity index is 2.03. The van der Waals surface area contributed by atoms with Gasteiger partial charge in [-0.2, -0.15) is 0 Å². The molecule has 0 fully saturated rings. The molecule has 0 aliphatic heterocycles. The van der Waals surface area contributed by atoms with Crippen molar-refractivity contribution < 1.29 is 14.7 Å². The highest BCUT2D eigenvalue weighted by Crippen LogP contribution is 2.26. The summed E-state index contributed by atoms with van der Waals surface area (Å²) in [6, 6.07) is 6.39. The first kappa shape index (κ1) is 15.5. The Morgan fingerprint density at radius 1 is 1.48 bits per heavy atom. The fourth-order valence-electron chi connectivity index (χ4n) is 1.66. The van der Waals surface area contributed by atoms with Crippen LogP contribution >= 0.6 is 22.9 Å². The van der Waals surface area contributed by atoms with Crippen molar-refractivity contribution >= 4 is 34.8 Å². The van der Waals surface area contributed by atoms with Crippen molar-refractivity contribution in [3.63, 3.8) is 0 Å². The van der Waals surface area contributed by atoms with Crippen molar-refractivity contribution in [1.82, 2.24) is 10.3 Å². The molecular weight excluding hydrogens is 312 g/mol. The molecule has 21 heavy (non-hydrogen) atoms. The van der Waals surface area contributed by atoms with Crippen LogP contribution in [0.25, 0.3) is 10.6 Å². The monoisotopic (exact) mass is 324 g/mol. The molecule has 2 rings (SSSR count). The van der Waals surface area contributed by atoms with Crippen molar-refractivity contribution in [2.45, 2.75) is 19.4 Å². The number of thiazole rings is 1. The van der Waals surface area contributed by atoms with Gasteiger partial charge in [-0.1, -0.05) is 23.7 Å². The molecule has 2 aromatic rings. The van der Waals surface area contributed by atoms with E-state index in [0.29, 0.717) is 10.7 Å². The maximum atomic E-state index is 11.7. The number of benzene rings is 1. The average molecular weight is 325 g/mol. The smallest absolute Gasteiger partial charge is 0.325 e. The highest BCUT2D eigenvalue weighted by Gasteiger charge is 2.15. The molecule has 0 saturated carbocycles. The molecule has 1 heterocycles. The second-order valence-corrected chi connectivity index (χ2v) is 5.75. The molecular formula is C14H13ClN2O3S. The fourth-order valence-corrected chi connectivity index (χ4v) is 2.67. The molecule has 0 unspecified atom stereocenters. The molecule has 2 N–H and O–H groups in total. The lowest BCUT2D eigenvalue weighted by atomic mass is 10.2. The Morgan fingerprint density at radius 2 is 2.24 bits per heavy atom. The number of carboxylic acid groups (broad SMARTS) is 1. The quantitative estimate of drug-likeness (QED) is 0.886. The Labute approximate surface area is 130 Å². The predicted molar refractivity (Wildman–Crippen MR) is 81.5 cm³/mol.